The first-order valence-electron chi connectivity index (χ1n) is 8.29. The Kier molecular flexibility index (Phi) is 5.97. The number of nitrogens with two attached hydrogens (primary N) is 2. The fraction of sp³-hybridized carbons (Fsp3) is 0.111. The topological polar surface area (TPSA) is 141 Å². The molecule has 9 heteroatoms. The van der Waals surface area contributed by atoms with E-state index in [1.165, 1.54) is 12.4 Å². The Morgan fingerprint density at radius 3 is 2.78 bits per heavy atom. The molecule has 0 radical (unpaired) electrons. The first kappa shape index (κ1) is 18.8. The van der Waals surface area contributed by atoms with Crippen LogP contribution in [0.4, 0.5) is 11.4 Å². The maximum atomic E-state index is 12.9. The zero-order valence-electron chi connectivity index (χ0n) is 14.6. The Labute approximate surface area is 160 Å². The van der Waals surface area contributed by atoms with Gasteiger partial charge in [-0.1, -0.05) is 18.2 Å². The first-order chi connectivity index (χ1) is 13.2. The Morgan fingerprint density at radius 1 is 1.30 bits per heavy atom. The van der Waals surface area contributed by atoms with E-state index in [2.05, 4.69) is 15.6 Å². The number of hydrogen-bond acceptors (Lipinski definition) is 7. The third-order valence-electron chi connectivity index (χ3n) is 3.80. The van der Waals surface area contributed by atoms with Crippen molar-refractivity contribution in [2.45, 2.75) is 4.90 Å². The van der Waals surface area contributed by atoms with Gasteiger partial charge in [-0.2, -0.15) is 0 Å². The standard InChI is InChI=1S/C18H21N7OS/c19-7-8-22-11-13(10-20)24-17-15-6-9-25(18(15)23-12-16(17)21)27(26)14-4-2-1-3-5-14/h1-6,9-12,20,22H,7-8,19,21H2,(H,23,24)/b13-11+,20-10?. The SMILES string of the molecule is N=C/C(=C\NCCN)Nc1c(N)cnc2c1ccn2[S+]([O-])c1ccccc1. The lowest BCUT2D eigenvalue weighted by molar-refractivity contribution is 0.587. The monoisotopic (exact) mass is 383 g/mol. The second kappa shape index (κ2) is 8.58. The minimum atomic E-state index is -1.43. The molecule has 140 valence electrons. The lowest BCUT2D eigenvalue weighted by Crippen LogP contribution is -2.19. The second-order valence-corrected chi connectivity index (χ2v) is 7.00. The number of fused-ring (bicyclic) bond motifs is 1. The molecule has 3 aromatic rings. The van der Waals surface area contributed by atoms with Crippen LogP contribution in [0.2, 0.25) is 0 Å². The summed E-state index contributed by atoms with van der Waals surface area (Å²) in [4.78, 5) is 5.03. The van der Waals surface area contributed by atoms with Crippen molar-refractivity contribution in [3.63, 3.8) is 0 Å². The molecule has 27 heavy (non-hydrogen) atoms. The summed E-state index contributed by atoms with van der Waals surface area (Å²) in [5.74, 6) is 0. The number of nitrogen functional groups attached to an aromatic ring is 1. The molecule has 1 atom stereocenters. The van der Waals surface area contributed by atoms with Crippen molar-refractivity contribution in [3.05, 3.63) is 60.7 Å². The van der Waals surface area contributed by atoms with Crippen LogP contribution in [-0.2, 0) is 11.4 Å². The van der Waals surface area contributed by atoms with E-state index >= 15 is 0 Å². The van der Waals surface area contributed by atoms with Crippen molar-refractivity contribution in [3.8, 4) is 0 Å². The number of rotatable bonds is 8. The molecule has 0 saturated heterocycles. The third-order valence-corrected chi connectivity index (χ3v) is 5.13. The molecule has 3 rings (SSSR count). The van der Waals surface area contributed by atoms with E-state index in [1.54, 1.807) is 34.6 Å². The Bertz CT molecular complexity index is 955. The molecule has 1 unspecified atom stereocenters. The molecule has 0 saturated carbocycles. The largest absolute Gasteiger partial charge is 0.587 e. The van der Waals surface area contributed by atoms with E-state index in [4.69, 9.17) is 16.9 Å². The Hall–Kier alpha value is -3.01. The minimum Gasteiger partial charge on any atom is -0.587 e. The summed E-state index contributed by atoms with van der Waals surface area (Å²) in [5, 5.41) is 14.4. The number of benzene rings is 1. The summed E-state index contributed by atoms with van der Waals surface area (Å²) in [5.41, 5.74) is 13.6. The Balaban J connectivity index is 1.98. The van der Waals surface area contributed by atoms with Crippen LogP contribution in [0.25, 0.3) is 11.0 Å². The first-order valence-corrected chi connectivity index (χ1v) is 9.40. The predicted octanol–water partition coefficient (Wildman–Crippen LogP) is 1.64. The predicted molar refractivity (Wildman–Crippen MR) is 110 cm³/mol. The lowest BCUT2D eigenvalue weighted by Gasteiger charge is -2.13. The molecule has 8 nitrogen and oxygen atoms in total. The molecule has 0 aliphatic rings. The smallest absolute Gasteiger partial charge is 0.188 e. The average Bonchev–Trinajstić information content (AvgIpc) is 3.13. The molecule has 1 aromatic carbocycles. The fourth-order valence-electron chi connectivity index (χ4n) is 2.53. The number of allylic oxidation sites excluding steroid dienone is 1. The fourth-order valence-corrected chi connectivity index (χ4v) is 3.62. The van der Waals surface area contributed by atoms with E-state index < -0.39 is 11.4 Å². The Morgan fingerprint density at radius 2 is 2.07 bits per heavy atom. The van der Waals surface area contributed by atoms with Crippen molar-refractivity contribution in [2.75, 3.05) is 24.1 Å². The van der Waals surface area contributed by atoms with Gasteiger partial charge in [0.15, 0.2) is 10.5 Å². The maximum Gasteiger partial charge on any atom is 0.188 e. The molecule has 7 N–H and O–H groups in total. The van der Waals surface area contributed by atoms with Gasteiger partial charge in [-0.25, -0.2) is 4.98 Å². The molecule has 2 aromatic heterocycles. The summed E-state index contributed by atoms with van der Waals surface area (Å²) in [7, 11) is 0. The summed E-state index contributed by atoms with van der Waals surface area (Å²) < 4.78 is 14.5. The number of anilines is 2. The van der Waals surface area contributed by atoms with Crippen LogP contribution in [0.5, 0.6) is 0 Å². The van der Waals surface area contributed by atoms with E-state index in [9.17, 15) is 4.55 Å². The summed E-state index contributed by atoms with van der Waals surface area (Å²) in [6.07, 6.45) is 6.06. The van der Waals surface area contributed by atoms with Gasteiger partial charge in [-0.3, -0.25) is 0 Å². The molecular weight excluding hydrogens is 362 g/mol. The molecule has 0 aliphatic carbocycles. The van der Waals surface area contributed by atoms with Crippen LogP contribution in [-0.4, -0.2) is 32.8 Å². The summed E-state index contributed by atoms with van der Waals surface area (Å²) in [6, 6.07) is 11.0. The highest BCUT2D eigenvalue weighted by molar-refractivity contribution is 7.90. The highest BCUT2D eigenvalue weighted by atomic mass is 32.2. The highest BCUT2D eigenvalue weighted by Gasteiger charge is 2.20. The van der Waals surface area contributed by atoms with Gasteiger partial charge in [-0.05, 0) is 18.2 Å². The van der Waals surface area contributed by atoms with Crippen LogP contribution in [0, 0.1) is 5.41 Å². The summed E-state index contributed by atoms with van der Waals surface area (Å²) in [6.45, 7) is 1.07. The van der Waals surface area contributed by atoms with E-state index in [0.29, 0.717) is 46.1 Å². The average molecular weight is 383 g/mol. The van der Waals surface area contributed by atoms with Gasteiger partial charge < -0.3 is 32.1 Å². The number of nitrogens with one attached hydrogen (secondary N) is 3. The van der Waals surface area contributed by atoms with Crippen molar-refractivity contribution in [1.29, 1.82) is 5.41 Å². The van der Waals surface area contributed by atoms with Gasteiger partial charge in [0, 0.05) is 30.9 Å². The molecule has 0 amide bonds. The zero-order chi connectivity index (χ0) is 19.2. The van der Waals surface area contributed by atoms with Gasteiger partial charge in [0.25, 0.3) is 0 Å². The highest BCUT2D eigenvalue weighted by Crippen LogP contribution is 2.31. The van der Waals surface area contributed by atoms with Crippen LogP contribution >= 0.6 is 0 Å². The number of pyridine rings is 1. The van der Waals surface area contributed by atoms with Crippen LogP contribution in [0.15, 0.2) is 65.6 Å². The lowest BCUT2D eigenvalue weighted by atomic mass is 10.2. The second-order valence-electron chi connectivity index (χ2n) is 5.64. The van der Waals surface area contributed by atoms with E-state index in [1.807, 2.05) is 18.2 Å². The van der Waals surface area contributed by atoms with Crippen molar-refractivity contribution in [2.24, 2.45) is 5.73 Å². The van der Waals surface area contributed by atoms with Gasteiger partial charge >= 0.3 is 0 Å². The summed E-state index contributed by atoms with van der Waals surface area (Å²) >= 11 is -1.43. The number of aromatic nitrogens is 2. The van der Waals surface area contributed by atoms with Crippen molar-refractivity contribution < 1.29 is 4.55 Å². The van der Waals surface area contributed by atoms with Crippen molar-refractivity contribution >= 4 is 40.0 Å². The van der Waals surface area contributed by atoms with E-state index in [0.717, 1.165) is 0 Å². The number of nitrogens with zero attached hydrogens (tertiary/aromatic N) is 2. The molecule has 2 heterocycles. The maximum absolute atomic E-state index is 12.9. The normalized spacial score (nSPS) is 12.7. The van der Waals surface area contributed by atoms with Crippen LogP contribution in [0.3, 0.4) is 0 Å². The molecule has 0 spiro atoms. The van der Waals surface area contributed by atoms with Crippen molar-refractivity contribution in [1.82, 2.24) is 14.3 Å². The zero-order valence-corrected chi connectivity index (χ0v) is 15.4. The van der Waals surface area contributed by atoms with Gasteiger partial charge in [0.1, 0.15) is 11.4 Å². The van der Waals surface area contributed by atoms with E-state index in [-0.39, 0.29) is 0 Å². The number of hydrogen-bond donors (Lipinski definition) is 5. The molecule has 0 bridgehead atoms. The quantitative estimate of drug-likeness (QED) is 0.227. The van der Waals surface area contributed by atoms with Crippen LogP contribution < -0.4 is 22.1 Å². The molecule has 0 fully saturated rings. The van der Waals surface area contributed by atoms with Gasteiger partial charge in [-0.15, -0.1) is 3.97 Å². The molecule has 0 aliphatic heterocycles. The van der Waals surface area contributed by atoms with Gasteiger partial charge in [0.2, 0.25) is 0 Å². The minimum absolute atomic E-state index is 0.428. The van der Waals surface area contributed by atoms with Crippen LogP contribution in [0.1, 0.15) is 0 Å². The molecular formula is C18H21N7OS. The third kappa shape index (κ3) is 4.05. The van der Waals surface area contributed by atoms with Gasteiger partial charge in [0.05, 0.1) is 29.5 Å².